The van der Waals surface area contributed by atoms with E-state index in [1.165, 1.54) is 48.4 Å². The number of anilines is 1. The molecule has 0 aliphatic carbocycles. The Hall–Kier alpha value is -3.35. The molecular formula is C25H18Cl2FNO4. The summed E-state index contributed by atoms with van der Waals surface area (Å²) in [5.74, 6) is -2.42. The number of nitrogens with zero attached hydrogens (tertiary/aromatic N) is 1. The van der Waals surface area contributed by atoms with E-state index in [2.05, 4.69) is 0 Å². The maximum atomic E-state index is 13.5. The smallest absolute Gasteiger partial charge is 0.300 e. The fourth-order valence-corrected chi connectivity index (χ4v) is 4.58. The Morgan fingerprint density at radius 3 is 2.21 bits per heavy atom. The molecule has 1 aliphatic rings. The molecule has 168 valence electrons. The maximum Gasteiger partial charge on any atom is 0.300 e. The number of ether oxygens (including phenoxy) is 1. The molecule has 1 N–H and O–H groups in total. The molecule has 0 bridgehead atoms. The van der Waals surface area contributed by atoms with Gasteiger partial charge in [-0.25, -0.2) is 4.39 Å². The molecule has 0 aromatic heterocycles. The number of carbonyl (C=O) groups is 2. The molecule has 1 fully saturated rings. The second kappa shape index (κ2) is 8.89. The molecule has 1 amide bonds. The van der Waals surface area contributed by atoms with Crippen LogP contribution in [-0.2, 0) is 9.59 Å². The van der Waals surface area contributed by atoms with E-state index in [9.17, 15) is 19.1 Å². The molecule has 1 aliphatic heterocycles. The second-order valence-electron chi connectivity index (χ2n) is 7.48. The minimum atomic E-state index is -0.948. The summed E-state index contributed by atoms with van der Waals surface area (Å²) in [5, 5.41) is 11.5. The average molecular weight is 486 g/mol. The number of aryl methyl sites for hydroxylation is 1. The van der Waals surface area contributed by atoms with Gasteiger partial charge in [0, 0.05) is 11.3 Å². The second-order valence-corrected chi connectivity index (χ2v) is 8.29. The predicted molar refractivity (Wildman–Crippen MR) is 125 cm³/mol. The topological polar surface area (TPSA) is 66.8 Å². The van der Waals surface area contributed by atoms with E-state index >= 15 is 0 Å². The minimum absolute atomic E-state index is 0.129. The van der Waals surface area contributed by atoms with Gasteiger partial charge in [-0.05, 0) is 54.4 Å². The van der Waals surface area contributed by atoms with Gasteiger partial charge in [0.15, 0.2) is 5.75 Å². The summed E-state index contributed by atoms with van der Waals surface area (Å²) in [6, 6.07) is 14.3. The first-order valence-electron chi connectivity index (χ1n) is 9.90. The van der Waals surface area contributed by atoms with E-state index in [1.807, 2.05) is 19.1 Å². The van der Waals surface area contributed by atoms with Gasteiger partial charge in [-0.15, -0.1) is 0 Å². The van der Waals surface area contributed by atoms with E-state index in [-0.39, 0.29) is 26.9 Å². The molecule has 3 aromatic carbocycles. The lowest BCUT2D eigenvalue weighted by molar-refractivity contribution is -0.132. The number of hydrogen-bond acceptors (Lipinski definition) is 4. The highest BCUT2D eigenvalue weighted by molar-refractivity contribution is 6.51. The highest BCUT2D eigenvalue weighted by atomic mass is 35.5. The van der Waals surface area contributed by atoms with Gasteiger partial charge in [-0.2, -0.15) is 0 Å². The van der Waals surface area contributed by atoms with Crippen molar-refractivity contribution in [3.05, 3.63) is 98.8 Å². The largest absolute Gasteiger partial charge is 0.507 e. The van der Waals surface area contributed by atoms with Gasteiger partial charge in [0.05, 0.1) is 28.8 Å². The van der Waals surface area contributed by atoms with Crippen molar-refractivity contribution in [3.8, 4) is 5.75 Å². The van der Waals surface area contributed by atoms with Crippen molar-refractivity contribution in [2.75, 3.05) is 12.0 Å². The van der Waals surface area contributed by atoms with Crippen LogP contribution in [0, 0.1) is 12.7 Å². The van der Waals surface area contributed by atoms with Gasteiger partial charge >= 0.3 is 0 Å². The van der Waals surface area contributed by atoms with Crippen LogP contribution in [0.1, 0.15) is 22.7 Å². The fraction of sp³-hybridized carbons (Fsp3) is 0.120. The highest BCUT2D eigenvalue weighted by Gasteiger charge is 2.47. The molecule has 1 atom stereocenters. The van der Waals surface area contributed by atoms with Crippen molar-refractivity contribution in [1.29, 1.82) is 0 Å². The van der Waals surface area contributed by atoms with Crippen LogP contribution in [0.15, 0.2) is 66.2 Å². The molecule has 4 rings (SSSR count). The zero-order valence-corrected chi connectivity index (χ0v) is 19.1. The zero-order valence-electron chi connectivity index (χ0n) is 17.6. The molecule has 33 heavy (non-hydrogen) atoms. The van der Waals surface area contributed by atoms with E-state index in [1.54, 1.807) is 12.1 Å². The monoisotopic (exact) mass is 485 g/mol. The number of methoxy groups -OCH3 is 1. The first kappa shape index (κ1) is 22.8. The predicted octanol–water partition coefficient (Wildman–Crippen LogP) is 6.08. The van der Waals surface area contributed by atoms with Crippen molar-refractivity contribution in [1.82, 2.24) is 0 Å². The summed E-state index contributed by atoms with van der Waals surface area (Å²) >= 11 is 12.5. The van der Waals surface area contributed by atoms with Crippen LogP contribution in [0.5, 0.6) is 5.75 Å². The van der Waals surface area contributed by atoms with Gasteiger partial charge in [0.1, 0.15) is 11.6 Å². The SMILES string of the molecule is COc1c(Cl)cc(/C(O)=C2\C(=O)C(=O)N(c3ccc(F)cc3)C2c2ccccc2C)cc1Cl. The Morgan fingerprint density at radius 1 is 1.03 bits per heavy atom. The van der Waals surface area contributed by atoms with Crippen molar-refractivity contribution in [2.24, 2.45) is 0 Å². The van der Waals surface area contributed by atoms with E-state index in [0.717, 1.165) is 5.56 Å². The maximum absolute atomic E-state index is 13.5. The first-order valence-corrected chi connectivity index (χ1v) is 10.7. The van der Waals surface area contributed by atoms with Crippen LogP contribution in [0.25, 0.3) is 5.76 Å². The Bertz CT molecular complexity index is 1280. The van der Waals surface area contributed by atoms with Crippen LogP contribution in [-0.4, -0.2) is 23.9 Å². The van der Waals surface area contributed by atoms with Crippen LogP contribution in [0.3, 0.4) is 0 Å². The van der Waals surface area contributed by atoms with Crippen LogP contribution < -0.4 is 9.64 Å². The summed E-state index contributed by atoms with van der Waals surface area (Å²) in [5.41, 5.74) is 1.77. The van der Waals surface area contributed by atoms with Gasteiger partial charge in [-0.3, -0.25) is 14.5 Å². The number of carbonyl (C=O) groups excluding carboxylic acids is 2. The van der Waals surface area contributed by atoms with Crippen LogP contribution in [0.4, 0.5) is 10.1 Å². The molecular weight excluding hydrogens is 468 g/mol. The Balaban J connectivity index is 1.98. The van der Waals surface area contributed by atoms with Crippen molar-refractivity contribution < 1.29 is 23.8 Å². The van der Waals surface area contributed by atoms with Crippen LogP contribution in [0.2, 0.25) is 10.0 Å². The number of aliphatic hydroxyl groups is 1. The lowest BCUT2D eigenvalue weighted by Crippen LogP contribution is -2.29. The summed E-state index contributed by atoms with van der Waals surface area (Å²) in [6.45, 7) is 1.83. The van der Waals surface area contributed by atoms with E-state index in [0.29, 0.717) is 11.3 Å². The molecule has 1 heterocycles. The van der Waals surface area contributed by atoms with Crippen molar-refractivity contribution >= 4 is 46.3 Å². The Labute approximate surface area is 199 Å². The number of benzene rings is 3. The molecule has 8 heteroatoms. The third-order valence-electron chi connectivity index (χ3n) is 5.51. The van der Waals surface area contributed by atoms with Gasteiger partial charge < -0.3 is 9.84 Å². The third-order valence-corrected chi connectivity index (χ3v) is 6.07. The van der Waals surface area contributed by atoms with E-state index < -0.39 is 29.3 Å². The van der Waals surface area contributed by atoms with Gasteiger partial charge in [0.2, 0.25) is 0 Å². The fourth-order valence-electron chi connectivity index (χ4n) is 3.94. The molecule has 0 spiro atoms. The Kier molecular flexibility index (Phi) is 6.15. The van der Waals surface area contributed by atoms with Gasteiger partial charge in [0.25, 0.3) is 11.7 Å². The molecule has 5 nitrogen and oxygen atoms in total. The quantitative estimate of drug-likeness (QED) is 0.276. The molecule has 3 aromatic rings. The molecule has 0 radical (unpaired) electrons. The molecule has 1 saturated heterocycles. The lowest BCUT2D eigenvalue weighted by atomic mass is 9.92. The highest BCUT2D eigenvalue weighted by Crippen LogP contribution is 2.44. The number of hydrogen-bond donors (Lipinski definition) is 1. The van der Waals surface area contributed by atoms with Crippen molar-refractivity contribution in [3.63, 3.8) is 0 Å². The number of amides is 1. The van der Waals surface area contributed by atoms with Crippen LogP contribution >= 0.6 is 23.2 Å². The summed E-state index contributed by atoms with van der Waals surface area (Å²) in [4.78, 5) is 27.6. The van der Waals surface area contributed by atoms with Crippen molar-refractivity contribution in [2.45, 2.75) is 13.0 Å². The number of aliphatic hydroxyl groups excluding tert-OH is 1. The Morgan fingerprint density at radius 2 is 1.64 bits per heavy atom. The summed E-state index contributed by atoms with van der Waals surface area (Å²) in [7, 11) is 1.40. The van der Waals surface area contributed by atoms with E-state index in [4.69, 9.17) is 27.9 Å². The standard InChI is InChI=1S/C25H18Cl2FNO4/c1-13-5-3-4-6-17(13)21-20(22(30)14-11-18(26)24(33-2)19(27)12-14)23(31)25(32)29(21)16-9-7-15(28)8-10-16/h3-12,21,30H,1-2H3/b22-20+. The summed E-state index contributed by atoms with van der Waals surface area (Å²) in [6.07, 6.45) is 0. The normalized spacial score (nSPS) is 17.5. The zero-order chi connectivity index (χ0) is 23.9. The number of ketones is 1. The molecule has 1 unspecified atom stereocenters. The van der Waals surface area contributed by atoms with Gasteiger partial charge in [-0.1, -0.05) is 47.5 Å². The third kappa shape index (κ3) is 3.96. The minimum Gasteiger partial charge on any atom is -0.507 e. The lowest BCUT2D eigenvalue weighted by Gasteiger charge is -2.26. The number of halogens is 3. The average Bonchev–Trinajstić information content (AvgIpc) is 3.04. The first-order chi connectivity index (χ1) is 15.7. The number of rotatable bonds is 4. The summed E-state index contributed by atoms with van der Waals surface area (Å²) < 4.78 is 18.7. The number of Topliss-reactive ketones (excluding diaryl/α,β-unsaturated/α-hetero) is 1. The molecule has 0 saturated carbocycles.